The highest BCUT2D eigenvalue weighted by Gasteiger charge is 2.25. The fourth-order valence-electron chi connectivity index (χ4n) is 3.42. The topological polar surface area (TPSA) is 64.3 Å². The van der Waals surface area contributed by atoms with Gasteiger partial charge < -0.3 is 19.5 Å². The summed E-state index contributed by atoms with van der Waals surface area (Å²) in [6.45, 7) is 13.6. The van der Waals surface area contributed by atoms with E-state index in [4.69, 9.17) is 4.42 Å². The number of nitrogens with one attached hydrogen (secondary N) is 1. The van der Waals surface area contributed by atoms with Crippen molar-refractivity contribution in [2.24, 2.45) is 4.99 Å². The molecule has 1 saturated heterocycles. The molecule has 7 nitrogen and oxygen atoms in total. The molecule has 2 heterocycles. The van der Waals surface area contributed by atoms with E-state index in [2.05, 4.69) is 47.8 Å². The lowest BCUT2D eigenvalue weighted by molar-refractivity contribution is 0.0657. The third-order valence-corrected chi connectivity index (χ3v) is 4.79. The Hall–Kier alpha value is -1.29. The summed E-state index contributed by atoms with van der Waals surface area (Å²) < 4.78 is 5.21. The second-order valence-corrected chi connectivity index (χ2v) is 7.16. The van der Waals surface area contributed by atoms with Gasteiger partial charge in [-0.15, -0.1) is 24.0 Å². The van der Waals surface area contributed by atoms with E-state index >= 15 is 0 Å². The van der Waals surface area contributed by atoms with Crippen LogP contribution in [0.2, 0.25) is 0 Å². The van der Waals surface area contributed by atoms with E-state index in [1.54, 1.807) is 12.1 Å². The highest BCUT2D eigenvalue weighted by atomic mass is 127. The molecule has 27 heavy (non-hydrogen) atoms. The molecule has 0 saturated carbocycles. The van der Waals surface area contributed by atoms with Crippen molar-refractivity contribution in [3.05, 3.63) is 24.2 Å². The van der Waals surface area contributed by atoms with Crippen LogP contribution >= 0.6 is 24.0 Å². The molecule has 8 heteroatoms. The van der Waals surface area contributed by atoms with E-state index in [1.807, 2.05) is 11.9 Å². The van der Waals surface area contributed by atoms with E-state index in [0.717, 1.165) is 32.1 Å². The quantitative estimate of drug-likeness (QED) is 0.376. The molecular formula is C19H34IN5O2. The number of rotatable bonds is 6. The molecule has 1 amide bonds. The second-order valence-electron chi connectivity index (χ2n) is 7.16. The van der Waals surface area contributed by atoms with Gasteiger partial charge in [0.1, 0.15) is 0 Å². The number of aliphatic imine (C=N–C) groups is 1. The number of nitrogens with zero attached hydrogens (tertiary/aromatic N) is 4. The second kappa shape index (κ2) is 11.5. The molecule has 0 aliphatic carbocycles. The van der Waals surface area contributed by atoms with Crippen molar-refractivity contribution in [2.45, 2.75) is 39.8 Å². The van der Waals surface area contributed by atoms with Crippen LogP contribution < -0.4 is 5.32 Å². The minimum atomic E-state index is -0.0397. The zero-order chi connectivity index (χ0) is 19.1. The van der Waals surface area contributed by atoms with Gasteiger partial charge in [0.2, 0.25) is 0 Å². The van der Waals surface area contributed by atoms with Crippen molar-refractivity contribution in [2.75, 3.05) is 46.3 Å². The number of piperazine rings is 1. The maximum absolute atomic E-state index is 12.3. The van der Waals surface area contributed by atoms with Crippen LogP contribution in [0.5, 0.6) is 0 Å². The highest BCUT2D eigenvalue weighted by Crippen LogP contribution is 2.09. The molecule has 0 atom stereocenters. The van der Waals surface area contributed by atoms with E-state index in [-0.39, 0.29) is 29.9 Å². The molecule has 154 valence electrons. The normalized spacial score (nSPS) is 15.5. The Kier molecular flexibility index (Phi) is 10.1. The molecule has 1 aliphatic heterocycles. The first-order chi connectivity index (χ1) is 12.4. The molecule has 0 unspecified atom stereocenters. The van der Waals surface area contributed by atoms with Gasteiger partial charge in [0.05, 0.1) is 6.26 Å². The van der Waals surface area contributed by atoms with Crippen molar-refractivity contribution in [1.29, 1.82) is 0 Å². The summed E-state index contributed by atoms with van der Waals surface area (Å²) in [6.07, 6.45) is 1.53. The average Bonchev–Trinajstić information content (AvgIpc) is 3.15. The summed E-state index contributed by atoms with van der Waals surface area (Å²) in [5.41, 5.74) is 0. The number of amides is 1. The zero-order valence-corrected chi connectivity index (χ0v) is 19.5. The van der Waals surface area contributed by atoms with Gasteiger partial charge in [0.15, 0.2) is 11.7 Å². The van der Waals surface area contributed by atoms with Gasteiger partial charge in [-0.2, -0.15) is 0 Å². The molecule has 0 aromatic carbocycles. The van der Waals surface area contributed by atoms with Crippen LogP contribution in [0.1, 0.15) is 38.2 Å². The van der Waals surface area contributed by atoms with Crippen LogP contribution in [0.3, 0.4) is 0 Å². The number of halogens is 1. The van der Waals surface area contributed by atoms with Gasteiger partial charge in [-0.05, 0) is 39.8 Å². The molecule has 0 radical (unpaired) electrons. The zero-order valence-electron chi connectivity index (χ0n) is 17.1. The van der Waals surface area contributed by atoms with Gasteiger partial charge in [0, 0.05) is 58.4 Å². The summed E-state index contributed by atoms with van der Waals surface area (Å²) in [5.74, 6) is 1.27. The largest absolute Gasteiger partial charge is 0.459 e. The lowest BCUT2D eigenvalue weighted by atomic mass is 10.2. The Balaban J connectivity index is 0.00000364. The van der Waals surface area contributed by atoms with Crippen LogP contribution in [0.4, 0.5) is 0 Å². The van der Waals surface area contributed by atoms with Crippen LogP contribution in [-0.4, -0.2) is 85.0 Å². The summed E-state index contributed by atoms with van der Waals surface area (Å²) in [5, 5.41) is 3.46. The maximum atomic E-state index is 12.3. The lowest BCUT2D eigenvalue weighted by Gasteiger charge is -2.36. The predicted molar refractivity (Wildman–Crippen MR) is 120 cm³/mol. The van der Waals surface area contributed by atoms with Crippen molar-refractivity contribution < 1.29 is 9.21 Å². The Morgan fingerprint density at radius 3 is 2.26 bits per heavy atom. The van der Waals surface area contributed by atoms with Crippen LogP contribution in [0.25, 0.3) is 0 Å². The Morgan fingerprint density at radius 1 is 1.19 bits per heavy atom. The van der Waals surface area contributed by atoms with Crippen LogP contribution in [0.15, 0.2) is 27.8 Å². The monoisotopic (exact) mass is 491 g/mol. The third kappa shape index (κ3) is 6.67. The van der Waals surface area contributed by atoms with E-state index in [9.17, 15) is 4.79 Å². The average molecular weight is 491 g/mol. The fourth-order valence-corrected chi connectivity index (χ4v) is 3.42. The molecular weight excluding hydrogens is 457 g/mol. The van der Waals surface area contributed by atoms with Gasteiger partial charge in [0.25, 0.3) is 5.91 Å². The fraction of sp³-hybridized carbons (Fsp3) is 0.684. The molecule has 0 spiro atoms. The summed E-state index contributed by atoms with van der Waals surface area (Å²) in [7, 11) is 1.81. The van der Waals surface area contributed by atoms with Crippen LogP contribution in [-0.2, 0) is 0 Å². The molecule has 1 aliphatic rings. The van der Waals surface area contributed by atoms with E-state index in [1.165, 1.54) is 6.26 Å². The first-order valence-corrected chi connectivity index (χ1v) is 9.48. The predicted octanol–water partition coefficient (Wildman–Crippen LogP) is 2.35. The molecule has 1 N–H and O–H groups in total. The SMILES string of the molecule is CN=C(NCCN(C(C)C)C(C)C)N1CCN(C(=O)c2ccco2)CC1.I. The smallest absolute Gasteiger partial charge is 0.289 e. The minimum absolute atomic E-state index is 0. The molecule has 2 rings (SSSR count). The molecule has 1 aromatic rings. The lowest BCUT2D eigenvalue weighted by Crippen LogP contribution is -2.54. The number of carbonyl (C=O) groups is 1. The first-order valence-electron chi connectivity index (χ1n) is 9.48. The van der Waals surface area contributed by atoms with Crippen LogP contribution in [0, 0.1) is 0 Å². The number of hydrogen-bond donors (Lipinski definition) is 1. The van der Waals surface area contributed by atoms with Gasteiger partial charge >= 0.3 is 0 Å². The van der Waals surface area contributed by atoms with Gasteiger partial charge in [-0.1, -0.05) is 0 Å². The third-order valence-electron chi connectivity index (χ3n) is 4.79. The van der Waals surface area contributed by atoms with Crippen molar-refractivity contribution in [3.8, 4) is 0 Å². The molecule has 0 bridgehead atoms. The number of guanidine groups is 1. The summed E-state index contributed by atoms with van der Waals surface area (Å²) in [6, 6.07) is 4.50. The van der Waals surface area contributed by atoms with Crippen molar-refractivity contribution in [3.63, 3.8) is 0 Å². The minimum Gasteiger partial charge on any atom is -0.459 e. The Morgan fingerprint density at radius 2 is 1.78 bits per heavy atom. The van der Waals surface area contributed by atoms with Crippen molar-refractivity contribution >= 4 is 35.8 Å². The van der Waals surface area contributed by atoms with E-state index < -0.39 is 0 Å². The summed E-state index contributed by atoms with van der Waals surface area (Å²) >= 11 is 0. The number of carbonyl (C=O) groups excluding carboxylic acids is 1. The number of furan rings is 1. The standard InChI is InChI=1S/C19H33N5O2.HI/c1-15(2)24(16(3)4)9-8-21-19(20-5)23-12-10-22(11-13-23)18(25)17-7-6-14-26-17;/h6-7,14-16H,8-13H2,1-5H3,(H,20,21);1H. The van der Waals surface area contributed by atoms with E-state index in [0.29, 0.717) is 30.9 Å². The number of hydrogen-bond acceptors (Lipinski definition) is 4. The molecule has 1 fully saturated rings. The molecule has 1 aromatic heterocycles. The van der Waals surface area contributed by atoms with Crippen molar-refractivity contribution in [1.82, 2.24) is 20.0 Å². The van der Waals surface area contributed by atoms with Gasteiger partial charge in [-0.25, -0.2) is 0 Å². The van der Waals surface area contributed by atoms with Gasteiger partial charge in [-0.3, -0.25) is 14.7 Å². The Bertz CT molecular complexity index is 573. The highest BCUT2D eigenvalue weighted by molar-refractivity contribution is 14.0. The summed E-state index contributed by atoms with van der Waals surface area (Å²) in [4.78, 5) is 23.3. The maximum Gasteiger partial charge on any atom is 0.289 e. The Labute approximate surface area is 180 Å². The first kappa shape index (κ1) is 23.7.